The van der Waals surface area contributed by atoms with Crippen LogP contribution in [0.3, 0.4) is 0 Å². The first-order valence-electron chi connectivity index (χ1n) is 9.46. The van der Waals surface area contributed by atoms with E-state index in [4.69, 9.17) is 23.2 Å². The fourth-order valence-corrected chi connectivity index (χ4v) is 4.26. The largest absolute Gasteiger partial charge is 0.303 e. The molecule has 5 heteroatoms. The molecule has 1 saturated heterocycles. The van der Waals surface area contributed by atoms with Crippen molar-refractivity contribution in [1.29, 1.82) is 0 Å². The number of piperidine rings is 1. The minimum atomic E-state index is 0.444. The standard InChI is InChI=1S/C22H23Cl2N3/c23-19-8-6-17(7-9-19)21-20(24)22(26-25-21)18-11-14-27(15-12-18)13-10-16-4-2-1-3-5-16/h1-9,18H,10-15H2,(H,25,26). The summed E-state index contributed by atoms with van der Waals surface area (Å²) in [6.07, 6.45) is 3.32. The van der Waals surface area contributed by atoms with Gasteiger partial charge in [0.2, 0.25) is 0 Å². The molecule has 27 heavy (non-hydrogen) atoms. The van der Waals surface area contributed by atoms with Crippen LogP contribution in [0, 0.1) is 0 Å². The van der Waals surface area contributed by atoms with Gasteiger partial charge in [-0.2, -0.15) is 5.10 Å². The van der Waals surface area contributed by atoms with Gasteiger partial charge in [0.15, 0.2) is 0 Å². The Morgan fingerprint density at radius 2 is 1.67 bits per heavy atom. The Labute approximate surface area is 170 Å². The maximum Gasteiger partial charge on any atom is 0.111 e. The molecule has 0 atom stereocenters. The molecular formula is C22H23Cl2N3. The fourth-order valence-electron chi connectivity index (χ4n) is 3.79. The van der Waals surface area contributed by atoms with E-state index in [1.54, 1.807) is 0 Å². The van der Waals surface area contributed by atoms with Gasteiger partial charge in [0.05, 0.1) is 10.7 Å². The van der Waals surface area contributed by atoms with Crippen LogP contribution < -0.4 is 0 Å². The van der Waals surface area contributed by atoms with Crippen molar-refractivity contribution in [2.45, 2.75) is 25.2 Å². The van der Waals surface area contributed by atoms with Crippen LogP contribution in [0.25, 0.3) is 11.3 Å². The van der Waals surface area contributed by atoms with Gasteiger partial charge in [-0.1, -0.05) is 65.7 Å². The molecule has 0 aliphatic carbocycles. The predicted octanol–water partition coefficient (Wildman–Crippen LogP) is 5.81. The van der Waals surface area contributed by atoms with Crippen molar-refractivity contribution in [1.82, 2.24) is 15.1 Å². The van der Waals surface area contributed by atoms with Gasteiger partial charge in [-0.3, -0.25) is 5.10 Å². The molecule has 2 heterocycles. The quantitative estimate of drug-likeness (QED) is 0.587. The molecule has 0 saturated carbocycles. The lowest BCUT2D eigenvalue weighted by molar-refractivity contribution is 0.213. The van der Waals surface area contributed by atoms with Crippen molar-refractivity contribution in [2.75, 3.05) is 19.6 Å². The van der Waals surface area contributed by atoms with Crippen LogP contribution in [-0.4, -0.2) is 34.7 Å². The highest BCUT2D eigenvalue weighted by molar-refractivity contribution is 6.34. The number of halogens is 2. The second-order valence-electron chi connectivity index (χ2n) is 7.16. The third-order valence-corrected chi connectivity index (χ3v) is 6.04. The van der Waals surface area contributed by atoms with E-state index in [0.29, 0.717) is 10.9 Å². The highest BCUT2D eigenvalue weighted by Crippen LogP contribution is 2.36. The van der Waals surface area contributed by atoms with Crippen LogP contribution in [0.5, 0.6) is 0 Å². The lowest BCUT2D eigenvalue weighted by Crippen LogP contribution is -2.34. The van der Waals surface area contributed by atoms with Crippen molar-refractivity contribution in [3.63, 3.8) is 0 Å². The van der Waals surface area contributed by atoms with Crippen LogP contribution in [0.4, 0.5) is 0 Å². The number of benzene rings is 2. The van der Waals surface area contributed by atoms with Crippen LogP contribution in [0.2, 0.25) is 10.0 Å². The molecule has 3 aromatic rings. The Morgan fingerprint density at radius 1 is 0.963 bits per heavy atom. The molecule has 3 nitrogen and oxygen atoms in total. The molecule has 0 amide bonds. The highest BCUT2D eigenvalue weighted by atomic mass is 35.5. The fraction of sp³-hybridized carbons (Fsp3) is 0.318. The molecule has 1 N–H and O–H groups in total. The number of nitrogens with zero attached hydrogens (tertiary/aromatic N) is 2. The van der Waals surface area contributed by atoms with Crippen LogP contribution >= 0.6 is 23.2 Å². The zero-order chi connectivity index (χ0) is 18.6. The Bertz CT molecular complexity index is 866. The number of hydrogen-bond acceptors (Lipinski definition) is 2. The van der Waals surface area contributed by atoms with Gasteiger partial charge in [-0.05, 0) is 50.0 Å². The molecule has 0 spiro atoms. The average molecular weight is 400 g/mol. The van der Waals surface area contributed by atoms with E-state index in [-0.39, 0.29) is 0 Å². The van der Waals surface area contributed by atoms with Gasteiger partial charge in [0, 0.05) is 23.0 Å². The lowest BCUT2D eigenvalue weighted by Gasteiger charge is -2.31. The normalized spacial score (nSPS) is 15.9. The van der Waals surface area contributed by atoms with Gasteiger partial charge >= 0.3 is 0 Å². The van der Waals surface area contributed by atoms with Crippen molar-refractivity contribution >= 4 is 23.2 Å². The van der Waals surface area contributed by atoms with E-state index in [1.165, 1.54) is 5.56 Å². The SMILES string of the molecule is Clc1ccc(-c2n[nH]c(C3CCN(CCc4ccccc4)CC3)c2Cl)cc1. The zero-order valence-electron chi connectivity index (χ0n) is 15.2. The van der Waals surface area contributed by atoms with Crippen LogP contribution in [-0.2, 0) is 6.42 Å². The highest BCUT2D eigenvalue weighted by Gasteiger charge is 2.25. The summed E-state index contributed by atoms with van der Waals surface area (Å²) in [7, 11) is 0. The average Bonchev–Trinajstić information content (AvgIpc) is 3.09. The third-order valence-electron chi connectivity index (χ3n) is 5.41. The van der Waals surface area contributed by atoms with Crippen molar-refractivity contribution < 1.29 is 0 Å². The zero-order valence-corrected chi connectivity index (χ0v) is 16.7. The second-order valence-corrected chi connectivity index (χ2v) is 7.97. The molecule has 2 aromatic carbocycles. The van der Waals surface area contributed by atoms with Crippen molar-refractivity contribution in [3.8, 4) is 11.3 Å². The van der Waals surface area contributed by atoms with E-state index in [9.17, 15) is 0 Å². The number of aromatic amines is 1. The summed E-state index contributed by atoms with van der Waals surface area (Å²) >= 11 is 12.6. The minimum absolute atomic E-state index is 0.444. The number of nitrogens with one attached hydrogen (secondary N) is 1. The van der Waals surface area contributed by atoms with Crippen molar-refractivity contribution in [3.05, 3.63) is 75.9 Å². The Balaban J connectivity index is 1.36. The van der Waals surface area contributed by atoms with Crippen LogP contribution in [0.1, 0.15) is 30.0 Å². The first-order valence-corrected chi connectivity index (χ1v) is 10.2. The summed E-state index contributed by atoms with van der Waals surface area (Å²) in [4.78, 5) is 2.55. The maximum absolute atomic E-state index is 6.67. The van der Waals surface area contributed by atoms with E-state index in [2.05, 4.69) is 45.4 Å². The molecule has 4 rings (SSSR count). The maximum atomic E-state index is 6.67. The molecule has 140 valence electrons. The molecular weight excluding hydrogens is 377 g/mol. The molecule has 1 aliphatic rings. The number of hydrogen-bond donors (Lipinski definition) is 1. The van der Waals surface area contributed by atoms with E-state index in [0.717, 1.165) is 60.9 Å². The number of likely N-dealkylation sites (tertiary alicyclic amines) is 1. The van der Waals surface area contributed by atoms with Gasteiger partial charge in [-0.15, -0.1) is 0 Å². The molecule has 0 radical (unpaired) electrons. The van der Waals surface area contributed by atoms with Gasteiger partial charge in [0.1, 0.15) is 5.69 Å². The molecule has 0 bridgehead atoms. The monoisotopic (exact) mass is 399 g/mol. The summed E-state index contributed by atoms with van der Waals surface area (Å²) in [6, 6.07) is 18.4. The first kappa shape index (κ1) is 18.5. The summed E-state index contributed by atoms with van der Waals surface area (Å²) in [5, 5.41) is 9.13. The van der Waals surface area contributed by atoms with Gasteiger partial charge < -0.3 is 4.90 Å². The van der Waals surface area contributed by atoms with Gasteiger partial charge in [-0.25, -0.2) is 0 Å². The summed E-state index contributed by atoms with van der Waals surface area (Å²) in [5.74, 6) is 0.444. The number of rotatable bonds is 5. The van der Waals surface area contributed by atoms with E-state index >= 15 is 0 Å². The molecule has 1 aliphatic heterocycles. The van der Waals surface area contributed by atoms with E-state index < -0.39 is 0 Å². The summed E-state index contributed by atoms with van der Waals surface area (Å²) < 4.78 is 0. The molecule has 0 unspecified atom stereocenters. The van der Waals surface area contributed by atoms with Gasteiger partial charge in [0.25, 0.3) is 0 Å². The van der Waals surface area contributed by atoms with E-state index in [1.807, 2.05) is 24.3 Å². The Morgan fingerprint density at radius 3 is 2.37 bits per heavy atom. The first-order chi connectivity index (χ1) is 13.2. The Hall–Kier alpha value is -1.81. The molecule has 1 fully saturated rings. The number of H-pyrrole nitrogens is 1. The number of aromatic nitrogens is 2. The van der Waals surface area contributed by atoms with Crippen molar-refractivity contribution in [2.24, 2.45) is 0 Å². The second kappa shape index (κ2) is 8.47. The van der Waals surface area contributed by atoms with Crippen LogP contribution in [0.15, 0.2) is 54.6 Å². The summed E-state index contributed by atoms with van der Waals surface area (Å²) in [5.41, 5.74) is 4.29. The third kappa shape index (κ3) is 4.37. The minimum Gasteiger partial charge on any atom is -0.303 e. The predicted molar refractivity (Wildman–Crippen MR) is 113 cm³/mol. The smallest absolute Gasteiger partial charge is 0.111 e. The Kier molecular flexibility index (Phi) is 5.82. The molecule has 1 aromatic heterocycles. The topological polar surface area (TPSA) is 31.9 Å². The lowest BCUT2D eigenvalue weighted by atomic mass is 9.92. The summed E-state index contributed by atoms with van der Waals surface area (Å²) in [6.45, 7) is 3.32.